The first-order valence-corrected chi connectivity index (χ1v) is 6.61. The zero-order valence-electron chi connectivity index (χ0n) is 11.2. The number of nitrogens with zero attached hydrogens (tertiary/aromatic N) is 1. The van der Waals surface area contributed by atoms with Gasteiger partial charge in [0.1, 0.15) is 0 Å². The number of hydrogen-bond acceptors (Lipinski definition) is 3. The fourth-order valence-corrected chi connectivity index (χ4v) is 2.39. The molecule has 0 aliphatic rings. The van der Waals surface area contributed by atoms with Gasteiger partial charge in [0.05, 0.1) is 6.04 Å². The second-order valence-electron chi connectivity index (χ2n) is 4.71. The van der Waals surface area contributed by atoms with Gasteiger partial charge in [0.2, 0.25) is 0 Å². The van der Waals surface area contributed by atoms with E-state index >= 15 is 0 Å². The predicted octanol–water partition coefficient (Wildman–Crippen LogP) is 3.11. The summed E-state index contributed by atoms with van der Waals surface area (Å²) in [6.45, 7) is 6.46. The van der Waals surface area contributed by atoms with Crippen LogP contribution < -0.4 is 11.3 Å². The molecule has 0 fully saturated rings. The Morgan fingerprint density at radius 1 is 1.24 bits per heavy atom. The first-order valence-electron chi connectivity index (χ1n) is 6.61. The van der Waals surface area contributed by atoms with Gasteiger partial charge in [-0.3, -0.25) is 16.3 Å². The number of nitrogens with one attached hydrogen (secondary N) is 1. The summed E-state index contributed by atoms with van der Waals surface area (Å²) < 4.78 is 0. The Labute approximate surface area is 105 Å². The molecule has 0 aliphatic carbocycles. The smallest absolute Gasteiger partial charge is 0.0503 e. The molecule has 96 valence electrons. The van der Waals surface area contributed by atoms with Gasteiger partial charge in [-0.1, -0.05) is 32.8 Å². The molecule has 1 heterocycles. The molecule has 3 nitrogen and oxygen atoms in total. The SMILES string of the molecule is CCCC(CCC)C(NN)c1ccc(C)nc1. The third kappa shape index (κ3) is 4.10. The van der Waals surface area contributed by atoms with Crippen molar-refractivity contribution in [3.63, 3.8) is 0 Å². The Kier molecular flexibility index (Phi) is 6.16. The molecule has 1 aromatic heterocycles. The largest absolute Gasteiger partial charge is 0.271 e. The molecule has 1 rings (SSSR count). The number of nitrogens with two attached hydrogens (primary N) is 1. The second kappa shape index (κ2) is 7.41. The van der Waals surface area contributed by atoms with Crippen molar-refractivity contribution in [3.8, 4) is 0 Å². The zero-order chi connectivity index (χ0) is 12.7. The van der Waals surface area contributed by atoms with Crippen LogP contribution in [0.5, 0.6) is 0 Å². The molecule has 0 saturated heterocycles. The summed E-state index contributed by atoms with van der Waals surface area (Å²) in [6.07, 6.45) is 6.75. The Bertz CT molecular complexity index is 302. The molecule has 0 radical (unpaired) electrons. The number of pyridine rings is 1. The van der Waals surface area contributed by atoms with Gasteiger partial charge in [-0.25, -0.2) is 0 Å². The molecule has 3 heteroatoms. The summed E-state index contributed by atoms with van der Waals surface area (Å²) in [5, 5.41) is 0. The highest BCUT2D eigenvalue weighted by atomic mass is 15.2. The standard InChI is InChI=1S/C14H25N3/c1-4-6-12(7-5-2)14(17-15)13-9-8-11(3)16-10-13/h8-10,12,14,17H,4-7,15H2,1-3H3. The van der Waals surface area contributed by atoms with Crippen LogP contribution in [0.1, 0.15) is 56.8 Å². The molecule has 1 unspecified atom stereocenters. The monoisotopic (exact) mass is 235 g/mol. The van der Waals surface area contributed by atoms with Crippen LogP contribution in [0.15, 0.2) is 18.3 Å². The second-order valence-corrected chi connectivity index (χ2v) is 4.71. The number of rotatable bonds is 7. The van der Waals surface area contributed by atoms with Crippen LogP contribution in [0.2, 0.25) is 0 Å². The Morgan fingerprint density at radius 2 is 1.88 bits per heavy atom. The molecule has 0 bridgehead atoms. The van der Waals surface area contributed by atoms with Crippen LogP contribution in [-0.4, -0.2) is 4.98 Å². The van der Waals surface area contributed by atoms with E-state index < -0.39 is 0 Å². The minimum absolute atomic E-state index is 0.225. The summed E-state index contributed by atoms with van der Waals surface area (Å²) in [7, 11) is 0. The van der Waals surface area contributed by atoms with E-state index in [1.165, 1.54) is 31.2 Å². The summed E-state index contributed by atoms with van der Waals surface area (Å²) in [5.74, 6) is 6.32. The maximum absolute atomic E-state index is 5.73. The van der Waals surface area contributed by atoms with Gasteiger partial charge in [0, 0.05) is 11.9 Å². The highest BCUT2D eigenvalue weighted by Crippen LogP contribution is 2.28. The lowest BCUT2D eigenvalue weighted by molar-refractivity contribution is 0.318. The molecule has 0 aliphatic heterocycles. The van der Waals surface area contributed by atoms with Gasteiger partial charge < -0.3 is 0 Å². The Balaban J connectivity index is 2.83. The number of hydrazine groups is 1. The van der Waals surface area contributed by atoms with Crippen LogP contribution in [0, 0.1) is 12.8 Å². The van der Waals surface area contributed by atoms with Gasteiger partial charge >= 0.3 is 0 Å². The molecule has 1 aromatic rings. The van der Waals surface area contributed by atoms with Crippen molar-refractivity contribution in [3.05, 3.63) is 29.6 Å². The lowest BCUT2D eigenvalue weighted by atomic mass is 9.87. The average Bonchev–Trinajstić information content (AvgIpc) is 2.33. The molecule has 3 N–H and O–H groups in total. The first kappa shape index (κ1) is 14.1. The molecule has 1 atom stereocenters. The zero-order valence-corrected chi connectivity index (χ0v) is 11.2. The van der Waals surface area contributed by atoms with Crippen molar-refractivity contribution in [1.29, 1.82) is 0 Å². The van der Waals surface area contributed by atoms with E-state index in [0.717, 1.165) is 5.69 Å². The van der Waals surface area contributed by atoms with Gasteiger partial charge in [0.15, 0.2) is 0 Å². The highest BCUT2D eigenvalue weighted by Gasteiger charge is 2.20. The maximum atomic E-state index is 5.73. The molecular weight excluding hydrogens is 210 g/mol. The Morgan fingerprint density at radius 3 is 2.29 bits per heavy atom. The quantitative estimate of drug-likeness (QED) is 0.564. The molecule has 0 spiro atoms. The van der Waals surface area contributed by atoms with Crippen molar-refractivity contribution >= 4 is 0 Å². The minimum atomic E-state index is 0.225. The van der Waals surface area contributed by atoms with Crippen molar-refractivity contribution < 1.29 is 0 Å². The highest BCUT2D eigenvalue weighted by molar-refractivity contribution is 5.17. The van der Waals surface area contributed by atoms with Gasteiger partial charge in [0.25, 0.3) is 0 Å². The topological polar surface area (TPSA) is 50.9 Å². The third-order valence-corrected chi connectivity index (χ3v) is 3.26. The van der Waals surface area contributed by atoms with Crippen LogP contribution in [-0.2, 0) is 0 Å². The van der Waals surface area contributed by atoms with E-state index in [-0.39, 0.29) is 6.04 Å². The van der Waals surface area contributed by atoms with Crippen molar-refractivity contribution in [2.75, 3.05) is 0 Å². The van der Waals surface area contributed by atoms with Gasteiger partial charge in [-0.05, 0) is 37.3 Å². The van der Waals surface area contributed by atoms with Crippen molar-refractivity contribution in [2.24, 2.45) is 11.8 Å². The van der Waals surface area contributed by atoms with E-state index in [9.17, 15) is 0 Å². The van der Waals surface area contributed by atoms with Gasteiger partial charge in [-0.2, -0.15) is 0 Å². The van der Waals surface area contributed by atoms with E-state index in [4.69, 9.17) is 5.84 Å². The predicted molar refractivity (Wildman–Crippen MR) is 72.3 cm³/mol. The summed E-state index contributed by atoms with van der Waals surface area (Å²) in [6, 6.07) is 4.41. The molecular formula is C14H25N3. The fraction of sp³-hybridized carbons (Fsp3) is 0.643. The Hall–Kier alpha value is -0.930. The molecule has 0 aromatic carbocycles. The van der Waals surface area contributed by atoms with Crippen molar-refractivity contribution in [2.45, 2.75) is 52.5 Å². The normalized spacial score (nSPS) is 13.0. The summed E-state index contributed by atoms with van der Waals surface area (Å²) >= 11 is 0. The lowest BCUT2D eigenvalue weighted by Gasteiger charge is -2.26. The van der Waals surface area contributed by atoms with E-state index in [1.54, 1.807) is 0 Å². The fourth-order valence-electron chi connectivity index (χ4n) is 2.39. The number of aromatic nitrogens is 1. The maximum Gasteiger partial charge on any atom is 0.0503 e. The molecule has 17 heavy (non-hydrogen) atoms. The lowest BCUT2D eigenvalue weighted by Crippen LogP contribution is -2.33. The van der Waals surface area contributed by atoms with E-state index in [0.29, 0.717) is 5.92 Å². The molecule has 0 amide bonds. The number of aryl methyl sites for hydroxylation is 1. The van der Waals surface area contributed by atoms with Gasteiger partial charge in [-0.15, -0.1) is 0 Å². The van der Waals surface area contributed by atoms with Crippen LogP contribution in [0.25, 0.3) is 0 Å². The number of hydrogen-bond donors (Lipinski definition) is 2. The third-order valence-electron chi connectivity index (χ3n) is 3.26. The van der Waals surface area contributed by atoms with Crippen LogP contribution in [0.3, 0.4) is 0 Å². The average molecular weight is 235 g/mol. The van der Waals surface area contributed by atoms with Crippen molar-refractivity contribution in [1.82, 2.24) is 10.4 Å². The minimum Gasteiger partial charge on any atom is -0.271 e. The summed E-state index contributed by atoms with van der Waals surface area (Å²) in [4.78, 5) is 4.36. The van der Waals surface area contributed by atoms with Crippen LogP contribution in [0.4, 0.5) is 0 Å². The van der Waals surface area contributed by atoms with Crippen LogP contribution >= 0.6 is 0 Å². The summed E-state index contributed by atoms with van der Waals surface area (Å²) in [5.41, 5.74) is 5.21. The van der Waals surface area contributed by atoms with E-state index in [2.05, 4.69) is 36.4 Å². The first-order chi connectivity index (χ1) is 8.22. The van der Waals surface area contributed by atoms with E-state index in [1.807, 2.05) is 13.1 Å². The molecule has 0 saturated carbocycles.